The average Bonchev–Trinajstić information content (AvgIpc) is 2.34. The quantitative estimate of drug-likeness (QED) is 0.825. The highest BCUT2D eigenvalue weighted by molar-refractivity contribution is 4.92. The third-order valence-corrected chi connectivity index (χ3v) is 4.42. The van der Waals surface area contributed by atoms with Gasteiger partial charge in [0, 0.05) is 13.2 Å². The minimum absolute atomic E-state index is 0.0686. The van der Waals surface area contributed by atoms with E-state index < -0.39 is 0 Å². The van der Waals surface area contributed by atoms with E-state index in [4.69, 9.17) is 15.2 Å². The van der Waals surface area contributed by atoms with E-state index in [-0.39, 0.29) is 11.7 Å². The van der Waals surface area contributed by atoms with Crippen molar-refractivity contribution in [2.45, 2.75) is 64.1 Å². The lowest BCUT2D eigenvalue weighted by atomic mass is 9.71. The van der Waals surface area contributed by atoms with Crippen molar-refractivity contribution >= 4 is 0 Å². The Morgan fingerprint density at radius 3 is 2.47 bits per heavy atom. The Bertz CT molecular complexity index is 237. The van der Waals surface area contributed by atoms with Gasteiger partial charge in [0.25, 0.3) is 0 Å². The fraction of sp³-hybridized carbons (Fsp3) is 1.00. The summed E-state index contributed by atoms with van der Waals surface area (Å²) in [5.41, 5.74) is 6.37. The summed E-state index contributed by atoms with van der Waals surface area (Å²) in [6.45, 7) is 6.99. The van der Waals surface area contributed by atoms with Crippen LogP contribution < -0.4 is 5.73 Å². The van der Waals surface area contributed by atoms with Crippen LogP contribution in [0.3, 0.4) is 0 Å². The topological polar surface area (TPSA) is 44.5 Å². The third-order valence-electron chi connectivity index (χ3n) is 4.42. The SMILES string of the molecule is CC1(C)CCC(CN)(OC2CCCOC2)CC1. The van der Waals surface area contributed by atoms with Crippen LogP contribution >= 0.6 is 0 Å². The van der Waals surface area contributed by atoms with Gasteiger partial charge in [-0.1, -0.05) is 13.8 Å². The van der Waals surface area contributed by atoms with Crippen LogP contribution in [-0.2, 0) is 9.47 Å². The van der Waals surface area contributed by atoms with Crippen LogP contribution in [0.1, 0.15) is 52.4 Å². The maximum atomic E-state index is 6.31. The zero-order valence-corrected chi connectivity index (χ0v) is 11.3. The van der Waals surface area contributed by atoms with Crippen LogP contribution in [0.4, 0.5) is 0 Å². The molecule has 0 bridgehead atoms. The zero-order chi connectivity index (χ0) is 12.4. The molecule has 0 radical (unpaired) electrons. The van der Waals surface area contributed by atoms with Gasteiger partial charge in [0.1, 0.15) is 0 Å². The lowest BCUT2D eigenvalue weighted by Gasteiger charge is -2.45. The minimum atomic E-state index is -0.0686. The summed E-state index contributed by atoms with van der Waals surface area (Å²) in [6, 6.07) is 0. The molecule has 1 aliphatic heterocycles. The van der Waals surface area contributed by atoms with Crippen molar-refractivity contribution in [2.75, 3.05) is 19.8 Å². The van der Waals surface area contributed by atoms with Gasteiger partial charge in [-0.25, -0.2) is 0 Å². The van der Waals surface area contributed by atoms with Gasteiger partial charge in [0.2, 0.25) is 0 Å². The molecular weight excluding hydrogens is 214 g/mol. The first kappa shape index (κ1) is 13.3. The normalized spacial score (nSPS) is 32.3. The van der Waals surface area contributed by atoms with Crippen LogP contribution in [-0.4, -0.2) is 31.5 Å². The molecule has 1 saturated carbocycles. The van der Waals surface area contributed by atoms with E-state index in [1.165, 1.54) is 12.8 Å². The van der Waals surface area contributed by atoms with Gasteiger partial charge in [-0.05, 0) is 43.9 Å². The summed E-state index contributed by atoms with van der Waals surface area (Å²) >= 11 is 0. The van der Waals surface area contributed by atoms with E-state index in [0.717, 1.165) is 38.9 Å². The first-order valence-electron chi connectivity index (χ1n) is 7.01. The first-order valence-corrected chi connectivity index (χ1v) is 7.01. The van der Waals surface area contributed by atoms with Gasteiger partial charge in [0.15, 0.2) is 0 Å². The van der Waals surface area contributed by atoms with Gasteiger partial charge in [0.05, 0.1) is 18.3 Å². The highest BCUT2D eigenvalue weighted by atomic mass is 16.5. The molecule has 0 spiro atoms. The smallest absolute Gasteiger partial charge is 0.0817 e. The minimum Gasteiger partial charge on any atom is -0.379 e. The second-order valence-electron chi connectivity index (χ2n) is 6.51. The maximum absolute atomic E-state index is 6.31. The number of rotatable bonds is 3. The second kappa shape index (κ2) is 5.25. The molecule has 0 amide bonds. The molecule has 3 heteroatoms. The number of nitrogens with two attached hydrogens (primary N) is 1. The molecule has 1 heterocycles. The molecule has 2 N–H and O–H groups in total. The highest BCUT2D eigenvalue weighted by Crippen LogP contribution is 2.42. The largest absolute Gasteiger partial charge is 0.379 e. The van der Waals surface area contributed by atoms with Crippen LogP contribution in [0.5, 0.6) is 0 Å². The predicted molar refractivity (Wildman–Crippen MR) is 69.0 cm³/mol. The monoisotopic (exact) mass is 241 g/mol. The van der Waals surface area contributed by atoms with Crippen LogP contribution in [0.25, 0.3) is 0 Å². The van der Waals surface area contributed by atoms with Crippen molar-refractivity contribution in [2.24, 2.45) is 11.1 Å². The number of hydrogen-bond acceptors (Lipinski definition) is 3. The molecule has 100 valence electrons. The third kappa shape index (κ3) is 3.43. The predicted octanol–water partition coefficient (Wildman–Crippen LogP) is 2.48. The van der Waals surface area contributed by atoms with Crippen LogP contribution in [0.2, 0.25) is 0 Å². The molecule has 0 aromatic carbocycles. The van der Waals surface area contributed by atoms with E-state index in [1.54, 1.807) is 0 Å². The summed E-state index contributed by atoms with van der Waals surface area (Å²) in [5.74, 6) is 0. The molecule has 2 rings (SSSR count). The van der Waals surface area contributed by atoms with E-state index in [0.29, 0.717) is 12.0 Å². The number of hydrogen-bond donors (Lipinski definition) is 1. The molecule has 17 heavy (non-hydrogen) atoms. The molecule has 2 aliphatic rings. The van der Waals surface area contributed by atoms with Crippen molar-refractivity contribution in [3.63, 3.8) is 0 Å². The Morgan fingerprint density at radius 2 is 1.94 bits per heavy atom. The highest BCUT2D eigenvalue weighted by Gasteiger charge is 2.40. The Kier molecular flexibility index (Phi) is 4.11. The molecule has 1 unspecified atom stereocenters. The van der Waals surface area contributed by atoms with Gasteiger partial charge in [-0.15, -0.1) is 0 Å². The molecule has 0 aromatic rings. The van der Waals surface area contributed by atoms with Crippen molar-refractivity contribution in [3.8, 4) is 0 Å². The summed E-state index contributed by atoms with van der Waals surface area (Å²) in [7, 11) is 0. The van der Waals surface area contributed by atoms with Gasteiger partial charge < -0.3 is 15.2 Å². The standard InChI is InChI=1S/C14H27NO2/c1-13(2)5-7-14(11-15,8-6-13)17-12-4-3-9-16-10-12/h12H,3-11,15H2,1-2H3. The molecule has 1 atom stereocenters. The van der Waals surface area contributed by atoms with Gasteiger partial charge in [-0.2, -0.15) is 0 Å². The van der Waals surface area contributed by atoms with Crippen LogP contribution in [0.15, 0.2) is 0 Å². The maximum Gasteiger partial charge on any atom is 0.0817 e. The average molecular weight is 241 g/mol. The number of ether oxygens (including phenoxy) is 2. The molecule has 1 saturated heterocycles. The zero-order valence-electron chi connectivity index (χ0n) is 11.3. The van der Waals surface area contributed by atoms with E-state index in [1.807, 2.05) is 0 Å². The summed E-state index contributed by atoms with van der Waals surface area (Å²) in [5, 5.41) is 0. The van der Waals surface area contributed by atoms with Crippen molar-refractivity contribution in [3.05, 3.63) is 0 Å². The van der Waals surface area contributed by atoms with E-state index in [2.05, 4.69) is 13.8 Å². The lowest BCUT2D eigenvalue weighted by Crippen LogP contribution is -2.49. The van der Waals surface area contributed by atoms with Crippen molar-refractivity contribution in [1.29, 1.82) is 0 Å². The Morgan fingerprint density at radius 1 is 1.24 bits per heavy atom. The van der Waals surface area contributed by atoms with Crippen LogP contribution in [0, 0.1) is 5.41 Å². The van der Waals surface area contributed by atoms with E-state index >= 15 is 0 Å². The Hall–Kier alpha value is -0.120. The summed E-state index contributed by atoms with van der Waals surface area (Å²) in [4.78, 5) is 0. The first-order chi connectivity index (χ1) is 8.05. The fourth-order valence-corrected chi connectivity index (χ4v) is 2.91. The van der Waals surface area contributed by atoms with Crippen molar-refractivity contribution in [1.82, 2.24) is 0 Å². The van der Waals surface area contributed by atoms with Crippen molar-refractivity contribution < 1.29 is 9.47 Å². The van der Waals surface area contributed by atoms with E-state index in [9.17, 15) is 0 Å². The van der Waals surface area contributed by atoms with Gasteiger partial charge in [-0.3, -0.25) is 0 Å². The molecule has 1 aliphatic carbocycles. The second-order valence-corrected chi connectivity index (χ2v) is 6.51. The lowest BCUT2D eigenvalue weighted by molar-refractivity contribution is -0.154. The molecule has 2 fully saturated rings. The fourth-order valence-electron chi connectivity index (χ4n) is 2.91. The Balaban J connectivity index is 1.91. The summed E-state index contributed by atoms with van der Waals surface area (Å²) in [6.07, 6.45) is 7.17. The molecule has 3 nitrogen and oxygen atoms in total. The van der Waals surface area contributed by atoms with Gasteiger partial charge >= 0.3 is 0 Å². The molecule has 0 aromatic heterocycles. The Labute approximate surface area is 105 Å². The molecular formula is C14H27NO2. The summed E-state index contributed by atoms with van der Waals surface area (Å²) < 4.78 is 11.8.